The number of allylic oxidation sites excluding steroid dienone is 1. The van der Waals surface area contributed by atoms with Crippen LogP contribution in [0.4, 0.5) is 0 Å². The fourth-order valence-electron chi connectivity index (χ4n) is 5.64. The number of nitrogens with zero attached hydrogens (tertiary/aromatic N) is 2. The van der Waals surface area contributed by atoms with Crippen LogP contribution in [-0.4, -0.2) is 59.4 Å². The summed E-state index contributed by atoms with van der Waals surface area (Å²) in [4.78, 5) is 28.4. The zero-order valence-electron chi connectivity index (χ0n) is 17.9. The largest absolute Gasteiger partial charge is 0.396 e. The van der Waals surface area contributed by atoms with E-state index in [1.165, 1.54) is 0 Å². The van der Waals surface area contributed by atoms with Gasteiger partial charge in [0.2, 0.25) is 5.91 Å². The normalized spacial score (nSPS) is 29.3. The number of hydrogen-bond donors (Lipinski definition) is 2. The Morgan fingerprint density at radius 3 is 2.77 bits per heavy atom. The molecule has 3 aliphatic rings. The molecule has 4 atom stereocenters. The Morgan fingerprint density at radius 2 is 2.10 bits per heavy atom. The predicted octanol–water partition coefficient (Wildman–Crippen LogP) is 1.41. The first-order chi connectivity index (χ1) is 14.6. The maximum atomic E-state index is 13.0. The van der Waals surface area contributed by atoms with Crippen molar-refractivity contribution < 1.29 is 14.6 Å². The van der Waals surface area contributed by atoms with Gasteiger partial charge in [0.1, 0.15) is 0 Å². The van der Waals surface area contributed by atoms with Crippen LogP contribution in [-0.2, 0) is 16.1 Å². The van der Waals surface area contributed by atoms with Gasteiger partial charge in [-0.2, -0.15) is 0 Å². The number of aliphatic hydroxyl groups is 1. The number of amides is 1. The Kier molecular flexibility index (Phi) is 6.41. The smallest absolute Gasteiger partial charge is 0.258 e. The van der Waals surface area contributed by atoms with E-state index in [1.807, 2.05) is 42.7 Å². The van der Waals surface area contributed by atoms with Crippen LogP contribution in [0.1, 0.15) is 44.0 Å². The molecule has 30 heavy (non-hydrogen) atoms. The second kappa shape index (κ2) is 9.04. The summed E-state index contributed by atoms with van der Waals surface area (Å²) in [6.45, 7) is 7.18. The molecule has 0 aromatic carbocycles. The highest BCUT2D eigenvalue weighted by atomic mass is 16.5. The van der Waals surface area contributed by atoms with Crippen molar-refractivity contribution in [1.29, 1.82) is 0 Å². The van der Waals surface area contributed by atoms with Gasteiger partial charge in [0.25, 0.3) is 5.56 Å². The molecule has 0 aliphatic carbocycles. The number of likely N-dealkylation sites (tertiary alicyclic amines) is 1. The maximum Gasteiger partial charge on any atom is 0.258 e. The van der Waals surface area contributed by atoms with Gasteiger partial charge in [-0.3, -0.25) is 14.5 Å². The topological polar surface area (TPSA) is 83.8 Å². The number of ether oxygens (including phenoxy) is 1. The number of aliphatic hydroxyl groups excluding tert-OH is 1. The second-order valence-corrected chi connectivity index (χ2v) is 8.68. The molecule has 2 fully saturated rings. The van der Waals surface area contributed by atoms with E-state index in [0.29, 0.717) is 24.6 Å². The first-order valence-corrected chi connectivity index (χ1v) is 11.2. The molecule has 3 aliphatic heterocycles. The summed E-state index contributed by atoms with van der Waals surface area (Å²) >= 11 is 0. The van der Waals surface area contributed by atoms with Crippen molar-refractivity contribution in [2.24, 2.45) is 17.8 Å². The van der Waals surface area contributed by atoms with Gasteiger partial charge in [0.15, 0.2) is 0 Å². The molecule has 7 heteroatoms. The number of carbonyl (C=O) groups excluding carboxylic acids is 1. The maximum absolute atomic E-state index is 13.0. The summed E-state index contributed by atoms with van der Waals surface area (Å²) in [5.74, 6) is 0.302. The highest BCUT2D eigenvalue weighted by Crippen LogP contribution is 2.49. The summed E-state index contributed by atoms with van der Waals surface area (Å²) in [5.41, 5.74) is 1.66. The molecule has 2 N–H and O–H groups in total. The summed E-state index contributed by atoms with van der Waals surface area (Å²) in [6.07, 6.45) is 5.67. The van der Waals surface area contributed by atoms with Gasteiger partial charge in [-0.15, -0.1) is 0 Å². The Labute approximate surface area is 177 Å². The number of aromatic nitrogens is 1. The van der Waals surface area contributed by atoms with Crippen molar-refractivity contribution in [1.82, 2.24) is 14.8 Å². The summed E-state index contributed by atoms with van der Waals surface area (Å²) in [6, 6.07) is 3.53. The fourth-order valence-corrected chi connectivity index (χ4v) is 5.64. The van der Waals surface area contributed by atoms with Crippen molar-refractivity contribution in [3.05, 3.63) is 39.8 Å². The number of rotatable bonds is 6. The molecule has 1 amide bonds. The van der Waals surface area contributed by atoms with Gasteiger partial charge in [0, 0.05) is 62.5 Å². The van der Waals surface area contributed by atoms with E-state index >= 15 is 0 Å². The van der Waals surface area contributed by atoms with Crippen molar-refractivity contribution >= 4 is 12.0 Å². The molecule has 4 rings (SSSR count). The molecule has 164 valence electrons. The summed E-state index contributed by atoms with van der Waals surface area (Å²) < 4.78 is 7.38. The van der Waals surface area contributed by atoms with Crippen LogP contribution in [0.15, 0.2) is 23.0 Å². The number of hydrogen-bond acceptors (Lipinski definition) is 5. The quantitative estimate of drug-likeness (QED) is 0.734. The van der Waals surface area contributed by atoms with E-state index in [1.54, 1.807) is 0 Å². The van der Waals surface area contributed by atoms with E-state index in [4.69, 9.17) is 4.74 Å². The molecule has 0 radical (unpaired) electrons. The monoisotopic (exact) mass is 415 g/mol. The Morgan fingerprint density at radius 1 is 1.33 bits per heavy atom. The molecule has 7 nitrogen and oxygen atoms in total. The molecular formula is C23H33N3O4. The predicted molar refractivity (Wildman–Crippen MR) is 115 cm³/mol. The molecule has 0 bridgehead atoms. The standard InChI is InChI=1S/C23H33N3O4/c1-3-5-16-6-7-19-20-17(13-25(19)23(16)29)18(14-27)21(22(28)24-4-2)26(20)12-15-8-10-30-11-9-15/h3,5-7,15,17-18,20-21,27H,4,8-14H2,1-2H3,(H,24,28)/b5-3+/t17-,18-,20+,21-/m1/s1. The van der Waals surface area contributed by atoms with Crippen LogP contribution >= 0.6 is 0 Å². The zero-order valence-corrected chi connectivity index (χ0v) is 17.9. The van der Waals surface area contributed by atoms with E-state index in [2.05, 4.69) is 10.2 Å². The third-order valence-electron chi connectivity index (χ3n) is 7.00. The SMILES string of the molecule is C/C=C/c1ccc2n(c1=O)C[C@@H]1[C@@H](CO)[C@H](C(=O)NCC)N(CC3CCOCC3)[C@H]21. The molecule has 1 aromatic heterocycles. The molecule has 0 saturated carbocycles. The third kappa shape index (κ3) is 3.63. The number of fused-ring (bicyclic) bond motifs is 3. The van der Waals surface area contributed by atoms with E-state index in [0.717, 1.165) is 38.3 Å². The lowest BCUT2D eigenvalue weighted by atomic mass is 9.88. The molecule has 0 spiro atoms. The molecule has 4 heterocycles. The van der Waals surface area contributed by atoms with Crippen molar-refractivity contribution in [3.8, 4) is 0 Å². The summed E-state index contributed by atoms with van der Waals surface area (Å²) in [7, 11) is 0. The van der Waals surface area contributed by atoms with E-state index in [9.17, 15) is 14.7 Å². The van der Waals surface area contributed by atoms with Crippen LogP contribution < -0.4 is 10.9 Å². The lowest BCUT2D eigenvalue weighted by molar-refractivity contribution is -0.128. The number of likely N-dealkylation sites (N-methyl/N-ethyl adjacent to an activating group) is 1. The average Bonchev–Trinajstić information content (AvgIpc) is 3.27. The summed E-state index contributed by atoms with van der Waals surface area (Å²) in [5, 5.41) is 13.3. The Bertz CT molecular complexity index is 858. The van der Waals surface area contributed by atoms with Gasteiger partial charge in [-0.25, -0.2) is 0 Å². The minimum absolute atomic E-state index is 0.0114. The number of nitrogens with one attached hydrogen (secondary N) is 1. The second-order valence-electron chi connectivity index (χ2n) is 8.68. The first kappa shape index (κ1) is 21.3. The van der Waals surface area contributed by atoms with E-state index < -0.39 is 0 Å². The number of carbonyl (C=O) groups is 1. The lowest BCUT2D eigenvalue weighted by Gasteiger charge is -2.34. The number of pyridine rings is 1. The van der Waals surface area contributed by atoms with Gasteiger partial charge < -0.3 is 19.7 Å². The first-order valence-electron chi connectivity index (χ1n) is 11.2. The van der Waals surface area contributed by atoms with Gasteiger partial charge in [0.05, 0.1) is 12.1 Å². The highest BCUT2D eigenvalue weighted by molar-refractivity contribution is 5.82. The fraction of sp³-hybridized carbons (Fsp3) is 0.652. The van der Waals surface area contributed by atoms with Gasteiger partial charge >= 0.3 is 0 Å². The van der Waals surface area contributed by atoms with Crippen molar-refractivity contribution in [3.63, 3.8) is 0 Å². The highest BCUT2D eigenvalue weighted by Gasteiger charge is 2.55. The van der Waals surface area contributed by atoms with Crippen LogP contribution in [0, 0.1) is 17.8 Å². The Balaban J connectivity index is 1.73. The lowest BCUT2D eigenvalue weighted by Crippen LogP contribution is -2.49. The average molecular weight is 416 g/mol. The molecule has 1 aromatic rings. The van der Waals surface area contributed by atoms with Crippen LogP contribution in [0.5, 0.6) is 0 Å². The van der Waals surface area contributed by atoms with Gasteiger partial charge in [-0.05, 0) is 44.7 Å². The van der Waals surface area contributed by atoms with Crippen LogP contribution in [0.3, 0.4) is 0 Å². The van der Waals surface area contributed by atoms with E-state index in [-0.39, 0.29) is 42.0 Å². The Hall–Kier alpha value is -1.96. The molecule has 2 saturated heterocycles. The molecular weight excluding hydrogens is 382 g/mol. The minimum atomic E-state index is -0.369. The van der Waals surface area contributed by atoms with Crippen LogP contribution in [0.2, 0.25) is 0 Å². The molecule has 0 unspecified atom stereocenters. The van der Waals surface area contributed by atoms with Crippen LogP contribution in [0.25, 0.3) is 6.08 Å². The third-order valence-corrected chi connectivity index (χ3v) is 7.00. The van der Waals surface area contributed by atoms with Gasteiger partial charge in [-0.1, -0.05) is 12.2 Å². The van der Waals surface area contributed by atoms with Crippen molar-refractivity contribution in [2.45, 2.75) is 45.3 Å². The van der Waals surface area contributed by atoms with Crippen molar-refractivity contribution in [2.75, 3.05) is 32.9 Å². The zero-order chi connectivity index (χ0) is 21.3. The minimum Gasteiger partial charge on any atom is -0.396 e.